The molecule has 2 rings (SSSR count). The zero-order valence-corrected chi connectivity index (χ0v) is 12.2. The van der Waals surface area contributed by atoms with Gasteiger partial charge in [-0.3, -0.25) is 0 Å². The van der Waals surface area contributed by atoms with Crippen molar-refractivity contribution in [3.8, 4) is 5.88 Å². The Balaban J connectivity index is 2.11. The van der Waals surface area contributed by atoms with Crippen LogP contribution in [0.5, 0.6) is 5.88 Å². The van der Waals surface area contributed by atoms with Gasteiger partial charge in [-0.1, -0.05) is 20.8 Å². The Morgan fingerprint density at radius 2 is 2.20 bits per heavy atom. The molecular weight excluding hydrogens is 254 g/mol. The van der Waals surface area contributed by atoms with Crippen LogP contribution in [0.2, 0.25) is 0 Å². The molecule has 0 radical (unpaired) electrons. The molecule has 2 heterocycles. The first-order chi connectivity index (χ1) is 9.69. The fourth-order valence-corrected chi connectivity index (χ4v) is 1.66. The van der Waals surface area contributed by atoms with Crippen LogP contribution in [-0.4, -0.2) is 16.5 Å². The maximum atomic E-state index is 5.68. The lowest BCUT2D eigenvalue weighted by atomic mass is 10.2. The summed E-state index contributed by atoms with van der Waals surface area (Å²) in [4.78, 5) is 8.92. The molecule has 0 amide bonds. The van der Waals surface area contributed by atoms with E-state index in [-0.39, 0.29) is 5.92 Å². The third kappa shape index (κ3) is 3.98. The van der Waals surface area contributed by atoms with Crippen molar-refractivity contribution in [3.05, 3.63) is 36.0 Å². The molecule has 0 atom stereocenters. The molecule has 20 heavy (non-hydrogen) atoms. The highest BCUT2D eigenvalue weighted by molar-refractivity contribution is 5.38. The molecule has 0 fully saturated rings. The third-order valence-electron chi connectivity index (χ3n) is 2.73. The van der Waals surface area contributed by atoms with E-state index in [1.165, 1.54) is 0 Å². The van der Waals surface area contributed by atoms with Crippen LogP contribution in [0.1, 0.15) is 44.7 Å². The molecule has 2 aromatic rings. The maximum Gasteiger partial charge on any atom is 0.219 e. The summed E-state index contributed by atoms with van der Waals surface area (Å²) in [6, 6.07) is 5.54. The summed E-state index contributed by atoms with van der Waals surface area (Å²) in [6.45, 7) is 7.50. The molecule has 5 heteroatoms. The van der Waals surface area contributed by atoms with Crippen molar-refractivity contribution in [1.29, 1.82) is 0 Å². The van der Waals surface area contributed by atoms with Gasteiger partial charge in [0.05, 0.1) is 6.26 Å². The first-order valence-electron chi connectivity index (χ1n) is 6.97. The zero-order valence-electron chi connectivity index (χ0n) is 12.2. The van der Waals surface area contributed by atoms with Crippen molar-refractivity contribution in [3.63, 3.8) is 0 Å². The number of hydrogen-bond acceptors (Lipinski definition) is 5. The molecule has 2 aromatic heterocycles. The predicted octanol–water partition coefficient (Wildman–Crippen LogP) is 3.59. The smallest absolute Gasteiger partial charge is 0.219 e. The number of nitrogens with one attached hydrogen (secondary N) is 1. The van der Waals surface area contributed by atoms with Crippen LogP contribution >= 0.6 is 0 Å². The van der Waals surface area contributed by atoms with Crippen LogP contribution in [0.15, 0.2) is 28.9 Å². The van der Waals surface area contributed by atoms with Crippen molar-refractivity contribution < 1.29 is 9.15 Å². The number of hydrogen-bond donors (Lipinski definition) is 1. The summed E-state index contributed by atoms with van der Waals surface area (Å²) in [5, 5.41) is 3.27. The van der Waals surface area contributed by atoms with Gasteiger partial charge in [-0.15, -0.1) is 0 Å². The van der Waals surface area contributed by atoms with Gasteiger partial charge < -0.3 is 14.5 Å². The molecule has 0 aliphatic heterocycles. The van der Waals surface area contributed by atoms with Gasteiger partial charge in [0, 0.05) is 18.5 Å². The first kappa shape index (κ1) is 14.4. The SMILES string of the molecule is CCCNc1cc(OCc2ccco2)nc(C(C)C)n1. The van der Waals surface area contributed by atoms with E-state index in [1.807, 2.05) is 18.2 Å². The van der Waals surface area contributed by atoms with E-state index >= 15 is 0 Å². The molecule has 1 N–H and O–H groups in total. The van der Waals surface area contributed by atoms with E-state index in [9.17, 15) is 0 Å². The standard InChI is InChI=1S/C15H21N3O2/c1-4-7-16-13-9-14(18-15(17-13)11(2)3)20-10-12-6-5-8-19-12/h5-6,8-9,11H,4,7,10H2,1-3H3,(H,16,17,18). The summed E-state index contributed by atoms with van der Waals surface area (Å²) < 4.78 is 10.9. The minimum absolute atomic E-state index is 0.254. The quantitative estimate of drug-likeness (QED) is 0.836. The molecule has 5 nitrogen and oxygen atoms in total. The number of aromatic nitrogens is 2. The summed E-state index contributed by atoms with van der Waals surface area (Å²) in [7, 11) is 0. The molecule has 108 valence electrons. The van der Waals surface area contributed by atoms with Crippen molar-refractivity contribution in [2.75, 3.05) is 11.9 Å². The van der Waals surface area contributed by atoms with Crippen LogP contribution in [0.3, 0.4) is 0 Å². The fraction of sp³-hybridized carbons (Fsp3) is 0.467. The van der Waals surface area contributed by atoms with E-state index in [0.717, 1.165) is 30.4 Å². The number of furan rings is 1. The highest BCUT2D eigenvalue weighted by atomic mass is 16.5. The molecule has 0 aromatic carbocycles. The average molecular weight is 275 g/mol. The topological polar surface area (TPSA) is 60.2 Å². The van der Waals surface area contributed by atoms with E-state index < -0.39 is 0 Å². The lowest BCUT2D eigenvalue weighted by Crippen LogP contribution is -2.08. The lowest BCUT2D eigenvalue weighted by molar-refractivity contribution is 0.259. The minimum atomic E-state index is 0.254. The molecular formula is C15H21N3O2. The van der Waals surface area contributed by atoms with Crippen molar-refractivity contribution in [2.24, 2.45) is 0 Å². The lowest BCUT2D eigenvalue weighted by Gasteiger charge is -2.11. The Morgan fingerprint density at radius 3 is 2.85 bits per heavy atom. The molecule has 0 unspecified atom stereocenters. The summed E-state index contributed by atoms with van der Waals surface area (Å²) in [5.41, 5.74) is 0. The molecule has 0 spiro atoms. The number of rotatable bonds is 7. The Labute approximate surface area is 119 Å². The first-order valence-corrected chi connectivity index (χ1v) is 6.97. The Hall–Kier alpha value is -2.04. The van der Waals surface area contributed by atoms with Gasteiger partial charge in [0.25, 0.3) is 0 Å². The Kier molecular flexibility index (Phi) is 4.98. The summed E-state index contributed by atoms with van der Waals surface area (Å²) in [5.74, 6) is 3.18. The second kappa shape index (κ2) is 6.93. The van der Waals surface area contributed by atoms with Crippen molar-refractivity contribution in [2.45, 2.75) is 39.7 Å². The normalized spacial score (nSPS) is 10.8. The van der Waals surface area contributed by atoms with Gasteiger partial charge in [-0.05, 0) is 18.6 Å². The Morgan fingerprint density at radius 1 is 1.35 bits per heavy atom. The molecule has 0 bridgehead atoms. The summed E-state index contributed by atoms with van der Waals surface area (Å²) in [6.07, 6.45) is 2.68. The Bertz CT molecular complexity index is 524. The predicted molar refractivity (Wildman–Crippen MR) is 77.9 cm³/mol. The number of ether oxygens (including phenoxy) is 1. The van der Waals surface area contributed by atoms with Gasteiger partial charge in [-0.2, -0.15) is 4.98 Å². The summed E-state index contributed by atoms with van der Waals surface area (Å²) >= 11 is 0. The second-order valence-electron chi connectivity index (χ2n) is 4.90. The second-order valence-corrected chi connectivity index (χ2v) is 4.90. The van der Waals surface area contributed by atoms with Crippen LogP contribution in [0.4, 0.5) is 5.82 Å². The van der Waals surface area contributed by atoms with E-state index in [1.54, 1.807) is 6.26 Å². The maximum absolute atomic E-state index is 5.68. The van der Waals surface area contributed by atoms with Crippen LogP contribution < -0.4 is 10.1 Å². The minimum Gasteiger partial charge on any atom is -0.469 e. The van der Waals surface area contributed by atoms with Gasteiger partial charge in [0.15, 0.2) is 0 Å². The molecule has 0 aliphatic carbocycles. The van der Waals surface area contributed by atoms with E-state index in [4.69, 9.17) is 9.15 Å². The van der Waals surface area contributed by atoms with Crippen LogP contribution in [0, 0.1) is 0 Å². The van der Waals surface area contributed by atoms with Gasteiger partial charge in [0.1, 0.15) is 24.0 Å². The van der Waals surface area contributed by atoms with Gasteiger partial charge >= 0.3 is 0 Å². The zero-order chi connectivity index (χ0) is 14.4. The van der Waals surface area contributed by atoms with Gasteiger partial charge in [0.2, 0.25) is 5.88 Å². The molecule has 0 saturated heterocycles. The van der Waals surface area contributed by atoms with Crippen LogP contribution in [-0.2, 0) is 6.61 Å². The highest BCUT2D eigenvalue weighted by Crippen LogP contribution is 2.19. The van der Waals surface area contributed by atoms with Crippen molar-refractivity contribution in [1.82, 2.24) is 9.97 Å². The molecule has 0 aliphatic rings. The number of anilines is 1. The highest BCUT2D eigenvalue weighted by Gasteiger charge is 2.09. The number of nitrogens with zero attached hydrogens (tertiary/aromatic N) is 2. The van der Waals surface area contributed by atoms with E-state index in [2.05, 4.69) is 36.1 Å². The largest absolute Gasteiger partial charge is 0.469 e. The monoisotopic (exact) mass is 275 g/mol. The van der Waals surface area contributed by atoms with Gasteiger partial charge in [-0.25, -0.2) is 4.98 Å². The van der Waals surface area contributed by atoms with E-state index in [0.29, 0.717) is 12.5 Å². The fourth-order valence-electron chi connectivity index (χ4n) is 1.66. The molecule has 0 saturated carbocycles. The third-order valence-corrected chi connectivity index (χ3v) is 2.73. The van der Waals surface area contributed by atoms with Crippen LogP contribution in [0.25, 0.3) is 0 Å². The average Bonchev–Trinajstić information content (AvgIpc) is 2.96. The van der Waals surface area contributed by atoms with Crippen molar-refractivity contribution >= 4 is 5.82 Å².